The van der Waals surface area contributed by atoms with E-state index < -0.39 is 0 Å². The normalized spacial score (nSPS) is 11.8. The average Bonchev–Trinajstić information content (AvgIpc) is 3.47. The molecule has 1 heterocycles. The first-order valence-electron chi connectivity index (χ1n) is 13.5. The molecule has 7 aromatic rings. The molecule has 3 nitrogen and oxygen atoms in total. The second-order valence-electron chi connectivity index (χ2n) is 10.0. The van der Waals surface area contributed by atoms with E-state index in [0.29, 0.717) is 5.89 Å². The van der Waals surface area contributed by atoms with Gasteiger partial charge in [0.05, 0.1) is 0 Å². The lowest BCUT2D eigenvalue weighted by Crippen LogP contribution is -1.84. The van der Waals surface area contributed by atoms with Gasteiger partial charge in [0.2, 0.25) is 5.89 Å². The summed E-state index contributed by atoms with van der Waals surface area (Å²) in [6.45, 7) is 7.46. The minimum atomic E-state index is 0.606. The molecule has 0 unspecified atom stereocenters. The van der Waals surface area contributed by atoms with Gasteiger partial charge in [-0.2, -0.15) is 0 Å². The number of benzene rings is 6. The Morgan fingerprint density at radius 2 is 1.39 bits per heavy atom. The van der Waals surface area contributed by atoms with Crippen molar-refractivity contribution in [1.82, 2.24) is 4.98 Å². The molecule has 0 saturated heterocycles. The minimum absolute atomic E-state index is 0.606. The van der Waals surface area contributed by atoms with Gasteiger partial charge in [0.25, 0.3) is 0 Å². The Morgan fingerprint density at radius 3 is 2.20 bits per heavy atom. The van der Waals surface area contributed by atoms with Crippen LogP contribution in [-0.4, -0.2) is 11.7 Å². The summed E-state index contributed by atoms with van der Waals surface area (Å²) in [5.41, 5.74) is 9.02. The monoisotopic (exact) mass is 526 g/mol. The van der Waals surface area contributed by atoms with Crippen LogP contribution >= 0.6 is 0 Å². The number of hydrogen-bond donors (Lipinski definition) is 0. The van der Waals surface area contributed by atoms with Gasteiger partial charge < -0.3 is 4.42 Å². The van der Waals surface area contributed by atoms with E-state index in [1.165, 1.54) is 27.1 Å². The number of allylic oxidation sites excluding steroid dienone is 2. The maximum atomic E-state index is 6.31. The van der Waals surface area contributed by atoms with Crippen molar-refractivity contribution < 1.29 is 4.42 Å². The maximum Gasteiger partial charge on any atom is 0.227 e. The molecule has 0 aliphatic heterocycles. The van der Waals surface area contributed by atoms with E-state index in [0.717, 1.165) is 44.5 Å². The lowest BCUT2D eigenvalue weighted by atomic mass is 9.93. The Balaban J connectivity index is 1.24. The number of aliphatic imine (C=N–C) groups is 1. The zero-order chi connectivity index (χ0) is 27.8. The number of aromatic nitrogens is 1. The van der Waals surface area contributed by atoms with Gasteiger partial charge in [-0.15, -0.1) is 0 Å². The van der Waals surface area contributed by atoms with Crippen LogP contribution in [0.25, 0.3) is 71.9 Å². The molecule has 0 fully saturated rings. The van der Waals surface area contributed by atoms with E-state index in [1.807, 2.05) is 18.2 Å². The molecule has 0 N–H and O–H groups in total. The third-order valence-electron chi connectivity index (χ3n) is 7.58. The molecular formula is C38H26N2O. The number of fused-ring (bicyclic) bond motifs is 4. The fraction of sp³-hybridized carbons (Fsp3) is 0. The highest BCUT2D eigenvalue weighted by Gasteiger charge is 2.13. The highest BCUT2D eigenvalue weighted by Crippen LogP contribution is 2.37. The summed E-state index contributed by atoms with van der Waals surface area (Å²) in [6.07, 6.45) is 3.51. The van der Waals surface area contributed by atoms with E-state index >= 15 is 0 Å². The number of nitrogens with zero attached hydrogens (tertiary/aromatic N) is 2. The van der Waals surface area contributed by atoms with Crippen molar-refractivity contribution in [2.24, 2.45) is 4.99 Å². The quantitative estimate of drug-likeness (QED) is 0.123. The summed E-state index contributed by atoms with van der Waals surface area (Å²) in [5, 5.41) is 4.95. The van der Waals surface area contributed by atoms with Crippen molar-refractivity contribution in [2.75, 3.05) is 0 Å². The van der Waals surface area contributed by atoms with Gasteiger partial charge in [-0.3, -0.25) is 4.99 Å². The van der Waals surface area contributed by atoms with Crippen LogP contribution in [0.5, 0.6) is 0 Å². The van der Waals surface area contributed by atoms with Crippen LogP contribution in [0.2, 0.25) is 0 Å². The van der Waals surface area contributed by atoms with E-state index in [1.54, 1.807) is 12.3 Å². The molecule has 0 spiro atoms. The summed E-state index contributed by atoms with van der Waals surface area (Å²) in [7, 11) is 0. The molecule has 3 heteroatoms. The molecule has 1 aromatic heterocycles. The predicted octanol–water partition coefficient (Wildman–Crippen LogP) is 10.4. The fourth-order valence-electron chi connectivity index (χ4n) is 5.54. The first-order chi connectivity index (χ1) is 20.2. The van der Waals surface area contributed by atoms with Crippen molar-refractivity contribution in [2.45, 2.75) is 0 Å². The predicted molar refractivity (Wildman–Crippen MR) is 173 cm³/mol. The number of oxazole rings is 1. The zero-order valence-corrected chi connectivity index (χ0v) is 22.4. The van der Waals surface area contributed by atoms with E-state index in [9.17, 15) is 0 Å². The van der Waals surface area contributed by atoms with Crippen LogP contribution in [0, 0.1) is 0 Å². The third-order valence-corrected chi connectivity index (χ3v) is 7.58. The molecule has 0 atom stereocenters. The molecule has 0 amide bonds. The van der Waals surface area contributed by atoms with Gasteiger partial charge in [0.15, 0.2) is 5.58 Å². The van der Waals surface area contributed by atoms with Crippen LogP contribution in [0.15, 0.2) is 150 Å². The van der Waals surface area contributed by atoms with Crippen LogP contribution in [0.1, 0.15) is 5.56 Å². The van der Waals surface area contributed by atoms with Crippen LogP contribution < -0.4 is 0 Å². The fourth-order valence-corrected chi connectivity index (χ4v) is 5.54. The Labute approximate surface area is 238 Å². The smallest absolute Gasteiger partial charge is 0.227 e. The summed E-state index contributed by atoms with van der Waals surface area (Å²) >= 11 is 0. The first kappa shape index (κ1) is 24.5. The maximum absolute atomic E-state index is 6.31. The van der Waals surface area contributed by atoms with E-state index in [4.69, 9.17) is 9.40 Å². The molecular weight excluding hydrogens is 500 g/mol. The van der Waals surface area contributed by atoms with Gasteiger partial charge in [0, 0.05) is 11.8 Å². The third kappa shape index (κ3) is 4.44. The Bertz CT molecular complexity index is 2130. The number of hydrogen-bond acceptors (Lipinski definition) is 3. The molecule has 0 bridgehead atoms. The largest absolute Gasteiger partial charge is 0.436 e. The standard InChI is InChI=1S/C38H26N2O/c1-3-25(24-39-2)28-10-8-11-29(21-28)26-15-17-27(18-16-26)38-40-36-20-19-31(23-37(36)41-38)35-22-30-9-4-5-12-32(30)33-13-6-7-14-34(33)35/h3-24H,1-2H2/b25-24+. The Kier molecular flexibility index (Phi) is 6.10. The van der Waals surface area contributed by atoms with Crippen molar-refractivity contribution in [1.29, 1.82) is 0 Å². The lowest BCUT2D eigenvalue weighted by Gasteiger charge is -2.10. The van der Waals surface area contributed by atoms with Crippen LogP contribution in [-0.2, 0) is 0 Å². The zero-order valence-electron chi connectivity index (χ0n) is 22.4. The molecule has 7 rings (SSSR count). The van der Waals surface area contributed by atoms with Gasteiger partial charge in [-0.1, -0.05) is 97.6 Å². The SMILES string of the molecule is C=C/C(=C\N=C)c1cccc(-c2ccc(-c3nc4ccc(-c5cc6ccccc6c6ccccc56)cc4o3)cc2)c1. The topological polar surface area (TPSA) is 38.4 Å². The van der Waals surface area contributed by atoms with Crippen LogP contribution in [0.4, 0.5) is 0 Å². The second kappa shape index (κ2) is 10.2. The molecule has 0 aliphatic rings. The summed E-state index contributed by atoms with van der Waals surface area (Å²) in [4.78, 5) is 8.70. The summed E-state index contributed by atoms with van der Waals surface area (Å²) < 4.78 is 6.31. The van der Waals surface area contributed by atoms with Crippen molar-refractivity contribution >= 4 is 44.9 Å². The average molecular weight is 527 g/mol. The highest BCUT2D eigenvalue weighted by atomic mass is 16.3. The summed E-state index contributed by atoms with van der Waals surface area (Å²) in [6, 6.07) is 42.3. The first-order valence-corrected chi connectivity index (χ1v) is 13.5. The molecule has 0 radical (unpaired) electrons. The molecule has 41 heavy (non-hydrogen) atoms. The lowest BCUT2D eigenvalue weighted by molar-refractivity contribution is 0.620. The van der Waals surface area contributed by atoms with Gasteiger partial charge >= 0.3 is 0 Å². The van der Waals surface area contributed by atoms with Crippen LogP contribution in [0.3, 0.4) is 0 Å². The Morgan fingerprint density at radius 1 is 0.659 bits per heavy atom. The number of rotatable bonds is 6. The molecule has 194 valence electrons. The molecule has 0 saturated carbocycles. The van der Waals surface area contributed by atoms with Gasteiger partial charge in [-0.05, 0) is 98.1 Å². The van der Waals surface area contributed by atoms with Crippen molar-refractivity contribution in [3.8, 4) is 33.7 Å². The molecule has 6 aromatic carbocycles. The highest BCUT2D eigenvalue weighted by molar-refractivity contribution is 6.14. The van der Waals surface area contributed by atoms with Gasteiger partial charge in [-0.25, -0.2) is 4.98 Å². The summed E-state index contributed by atoms with van der Waals surface area (Å²) in [5.74, 6) is 0.606. The van der Waals surface area contributed by atoms with E-state index in [2.05, 4.69) is 121 Å². The Hall–Kier alpha value is -5.54. The van der Waals surface area contributed by atoms with Crippen molar-refractivity contribution in [3.05, 3.63) is 146 Å². The van der Waals surface area contributed by atoms with E-state index in [-0.39, 0.29) is 0 Å². The van der Waals surface area contributed by atoms with Crippen molar-refractivity contribution in [3.63, 3.8) is 0 Å². The van der Waals surface area contributed by atoms with Gasteiger partial charge in [0.1, 0.15) is 5.52 Å². The molecule has 0 aliphatic carbocycles. The second-order valence-corrected chi connectivity index (χ2v) is 10.0. The minimum Gasteiger partial charge on any atom is -0.436 e.